The van der Waals surface area contributed by atoms with Crippen LogP contribution < -0.4 is 10.9 Å². The molecule has 1 unspecified atom stereocenters. The van der Waals surface area contributed by atoms with E-state index >= 15 is 0 Å². The van der Waals surface area contributed by atoms with Gasteiger partial charge in [-0.05, 0) is 20.8 Å². The number of aliphatic carboxylic acids is 1. The number of rotatable bonds is 5. The third-order valence-corrected chi connectivity index (χ3v) is 3.14. The van der Waals surface area contributed by atoms with Crippen LogP contribution >= 0.6 is 0 Å². The van der Waals surface area contributed by atoms with Gasteiger partial charge in [0.2, 0.25) is 5.95 Å². The SMILES string of the molecule is CCNc1ncc2nc(C(C)C(=O)O)c(=O)n(CC)c2n1. The van der Waals surface area contributed by atoms with Crippen molar-refractivity contribution in [3.8, 4) is 0 Å². The molecule has 0 saturated heterocycles. The number of anilines is 1. The van der Waals surface area contributed by atoms with Gasteiger partial charge in [0, 0.05) is 13.1 Å². The number of aryl methyl sites for hydroxylation is 1. The Morgan fingerprint density at radius 3 is 2.71 bits per heavy atom. The van der Waals surface area contributed by atoms with Crippen molar-refractivity contribution in [1.82, 2.24) is 19.5 Å². The van der Waals surface area contributed by atoms with E-state index in [9.17, 15) is 9.59 Å². The Morgan fingerprint density at radius 1 is 1.43 bits per heavy atom. The van der Waals surface area contributed by atoms with Crippen LogP contribution in [0.25, 0.3) is 11.2 Å². The predicted octanol–water partition coefficient (Wildman–Crippen LogP) is 0.826. The van der Waals surface area contributed by atoms with Gasteiger partial charge >= 0.3 is 5.97 Å². The molecule has 0 aliphatic rings. The lowest BCUT2D eigenvalue weighted by atomic mass is 10.1. The van der Waals surface area contributed by atoms with Crippen LogP contribution in [0.3, 0.4) is 0 Å². The summed E-state index contributed by atoms with van der Waals surface area (Å²) in [4.78, 5) is 36.0. The zero-order valence-corrected chi connectivity index (χ0v) is 12.1. The maximum atomic E-state index is 12.4. The zero-order chi connectivity index (χ0) is 15.6. The topological polar surface area (TPSA) is 110 Å². The van der Waals surface area contributed by atoms with Crippen LogP contribution in [0.5, 0.6) is 0 Å². The molecule has 8 heteroatoms. The average molecular weight is 291 g/mol. The molecule has 112 valence electrons. The minimum atomic E-state index is -1.09. The number of nitrogens with zero attached hydrogens (tertiary/aromatic N) is 4. The highest BCUT2D eigenvalue weighted by Gasteiger charge is 2.22. The lowest BCUT2D eigenvalue weighted by Crippen LogP contribution is -2.29. The van der Waals surface area contributed by atoms with Crippen molar-refractivity contribution in [3.63, 3.8) is 0 Å². The van der Waals surface area contributed by atoms with E-state index in [-0.39, 0.29) is 5.69 Å². The number of hydrogen-bond donors (Lipinski definition) is 2. The molecular weight excluding hydrogens is 274 g/mol. The molecular formula is C13H17N5O3. The first-order valence-electron chi connectivity index (χ1n) is 6.73. The molecule has 0 aliphatic carbocycles. The second-order valence-electron chi connectivity index (χ2n) is 4.54. The molecule has 0 fully saturated rings. The lowest BCUT2D eigenvalue weighted by Gasteiger charge is -2.12. The summed E-state index contributed by atoms with van der Waals surface area (Å²) in [6, 6.07) is 0. The summed E-state index contributed by atoms with van der Waals surface area (Å²) >= 11 is 0. The summed E-state index contributed by atoms with van der Waals surface area (Å²) in [6.07, 6.45) is 1.49. The highest BCUT2D eigenvalue weighted by Crippen LogP contribution is 2.14. The summed E-state index contributed by atoms with van der Waals surface area (Å²) in [5.41, 5.74) is 0.369. The fourth-order valence-electron chi connectivity index (χ4n) is 1.99. The normalized spacial score (nSPS) is 12.3. The van der Waals surface area contributed by atoms with Gasteiger partial charge in [0.15, 0.2) is 5.65 Å². The monoisotopic (exact) mass is 291 g/mol. The number of nitrogens with one attached hydrogen (secondary N) is 1. The van der Waals surface area contributed by atoms with Crippen molar-refractivity contribution in [1.29, 1.82) is 0 Å². The van der Waals surface area contributed by atoms with Crippen molar-refractivity contribution in [2.24, 2.45) is 0 Å². The van der Waals surface area contributed by atoms with Crippen molar-refractivity contribution >= 4 is 23.1 Å². The van der Waals surface area contributed by atoms with Crippen molar-refractivity contribution < 1.29 is 9.90 Å². The quantitative estimate of drug-likeness (QED) is 0.839. The van der Waals surface area contributed by atoms with Crippen LogP contribution in [-0.2, 0) is 11.3 Å². The smallest absolute Gasteiger partial charge is 0.312 e. The van der Waals surface area contributed by atoms with Crippen molar-refractivity contribution in [3.05, 3.63) is 22.2 Å². The molecule has 0 saturated carbocycles. The fraction of sp³-hybridized carbons (Fsp3) is 0.462. The van der Waals surface area contributed by atoms with Crippen LogP contribution in [0.15, 0.2) is 11.0 Å². The van der Waals surface area contributed by atoms with E-state index in [0.717, 1.165) is 0 Å². The first kappa shape index (κ1) is 14.9. The van der Waals surface area contributed by atoms with E-state index in [0.29, 0.717) is 30.2 Å². The fourth-order valence-corrected chi connectivity index (χ4v) is 1.99. The Hall–Kier alpha value is -2.51. The Morgan fingerprint density at radius 2 is 2.14 bits per heavy atom. The van der Waals surface area contributed by atoms with E-state index in [4.69, 9.17) is 5.11 Å². The van der Waals surface area contributed by atoms with Gasteiger partial charge in [0.25, 0.3) is 5.56 Å². The minimum absolute atomic E-state index is 0.00310. The summed E-state index contributed by atoms with van der Waals surface area (Å²) in [5, 5.41) is 12.0. The lowest BCUT2D eigenvalue weighted by molar-refractivity contribution is -0.138. The Balaban J connectivity index is 2.72. The molecule has 0 amide bonds. The molecule has 0 bridgehead atoms. The number of aromatic nitrogens is 4. The number of carbonyl (C=O) groups is 1. The van der Waals surface area contributed by atoms with Gasteiger partial charge < -0.3 is 10.4 Å². The maximum Gasteiger partial charge on any atom is 0.312 e. The second kappa shape index (κ2) is 5.86. The van der Waals surface area contributed by atoms with Crippen molar-refractivity contribution in [2.75, 3.05) is 11.9 Å². The molecule has 21 heavy (non-hydrogen) atoms. The highest BCUT2D eigenvalue weighted by molar-refractivity contribution is 5.76. The Labute approximate surface area is 120 Å². The molecule has 0 aromatic carbocycles. The molecule has 0 aliphatic heterocycles. The highest BCUT2D eigenvalue weighted by atomic mass is 16.4. The third-order valence-electron chi connectivity index (χ3n) is 3.14. The number of carboxylic acids is 1. The molecule has 2 aromatic heterocycles. The third kappa shape index (κ3) is 2.69. The standard InChI is InChI=1S/C13H17N5O3/c1-4-14-13-15-6-8-10(17-13)18(5-2)11(19)9(16-8)7(3)12(20)21/h6-7H,4-5H2,1-3H3,(H,20,21)(H,14,15,17). The number of fused-ring (bicyclic) bond motifs is 1. The van der Waals surface area contributed by atoms with Gasteiger partial charge in [-0.15, -0.1) is 0 Å². The minimum Gasteiger partial charge on any atom is -0.481 e. The first-order valence-corrected chi connectivity index (χ1v) is 6.73. The molecule has 2 rings (SSSR count). The van der Waals surface area contributed by atoms with Crippen LogP contribution in [0, 0.1) is 0 Å². The van der Waals surface area contributed by atoms with Crippen molar-refractivity contribution in [2.45, 2.75) is 33.2 Å². The number of carboxylic acid groups (broad SMARTS) is 1. The van der Waals surface area contributed by atoms with Crippen LogP contribution in [0.1, 0.15) is 32.4 Å². The molecule has 2 aromatic rings. The van der Waals surface area contributed by atoms with Crippen LogP contribution in [0.2, 0.25) is 0 Å². The van der Waals surface area contributed by atoms with E-state index in [1.807, 2.05) is 6.92 Å². The van der Waals surface area contributed by atoms with Gasteiger partial charge in [-0.3, -0.25) is 14.2 Å². The summed E-state index contributed by atoms with van der Waals surface area (Å²) in [7, 11) is 0. The molecule has 0 radical (unpaired) electrons. The summed E-state index contributed by atoms with van der Waals surface area (Å²) < 4.78 is 1.42. The molecule has 2 N–H and O–H groups in total. The molecule has 8 nitrogen and oxygen atoms in total. The second-order valence-corrected chi connectivity index (χ2v) is 4.54. The summed E-state index contributed by atoms with van der Waals surface area (Å²) in [6.45, 7) is 6.18. The Bertz CT molecular complexity index is 740. The largest absolute Gasteiger partial charge is 0.481 e. The maximum absolute atomic E-state index is 12.4. The van der Waals surface area contributed by atoms with E-state index in [1.165, 1.54) is 17.7 Å². The summed E-state index contributed by atoms with van der Waals surface area (Å²) in [5.74, 6) is -1.66. The van der Waals surface area contributed by atoms with Gasteiger partial charge in [0.1, 0.15) is 17.1 Å². The zero-order valence-electron chi connectivity index (χ0n) is 12.1. The van der Waals surface area contributed by atoms with Gasteiger partial charge in [-0.1, -0.05) is 0 Å². The van der Waals surface area contributed by atoms with Gasteiger partial charge in [-0.25, -0.2) is 9.97 Å². The molecule has 0 spiro atoms. The van der Waals surface area contributed by atoms with Crippen LogP contribution in [0.4, 0.5) is 5.95 Å². The average Bonchev–Trinajstić information content (AvgIpc) is 2.46. The van der Waals surface area contributed by atoms with Gasteiger partial charge in [0.05, 0.1) is 6.20 Å². The number of hydrogen-bond acceptors (Lipinski definition) is 6. The predicted molar refractivity (Wildman–Crippen MR) is 77.5 cm³/mol. The molecule has 1 atom stereocenters. The van der Waals surface area contributed by atoms with Gasteiger partial charge in [-0.2, -0.15) is 4.98 Å². The Kier molecular flexibility index (Phi) is 4.15. The van der Waals surface area contributed by atoms with E-state index < -0.39 is 17.4 Å². The van der Waals surface area contributed by atoms with E-state index in [2.05, 4.69) is 20.3 Å². The molecule has 2 heterocycles. The van der Waals surface area contributed by atoms with Crippen LogP contribution in [-0.4, -0.2) is 37.1 Å². The first-order chi connectivity index (χ1) is 9.99. The van der Waals surface area contributed by atoms with E-state index in [1.54, 1.807) is 6.92 Å².